The summed E-state index contributed by atoms with van der Waals surface area (Å²) in [5.74, 6) is 1.88. The molecule has 0 amide bonds. The molecule has 110 valence electrons. The quantitative estimate of drug-likeness (QED) is 0.865. The van der Waals surface area contributed by atoms with Crippen LogP contribution in [0, 0.1) is 5.92 Å². The highest BCUT2D eigenvalue weighted by Crippen LogP contribution is 2.26. The minimum atomic E-state index is 0.623. The maximum atomic E-state index is 4.46. The molecule has 20 heavy (non-hydrogen) atoms. The van der Waals surface area contributed by atoms with Crippen molar-refractivity contribution >= 4 is 11.5 Å². The molecule has 2 aliphatic rings. The minimum absolute atomic E-state index is 0.623. The molecular weight excluding hydrogens is 248 g/mol. The zero-order chi connectivity index (χ0) is 13.8. The summed E-state index contributed by atoms with van der Waals surface area (Å²) in [6.45, 7) is 3.32. The number of anilines is 2. The van der Waals surface area contributed by atoms with Crippen molar-refractivity contribution in [2.75, 3.05) is 36.9 Å². The molecule has 1 saturated carbocycles. The standard InChI is InChI=1S/C16H26N4/c1-17-14-7-9-20(12-14)15-6-8-18-16(10-15)19-11-13-4-2-3-5-13/h6,8,10,13-14,17H,2-5,7,9,11-12H2,1H3,(H,18,19)/t14-/m1/s1. The van der Waals surface area contributed by atoms with Gasteiger partial charge in [-0.3, -0.25) is 0 Å². The third-order valence-electron chi connectivity index (χ3n) is 4.75. The Balaban J connectivity index is 1.58. The lowest BCUT2D eigenvalue weighted by atomic mass is 10.1. The second-order valence-corrected chi connectivity index (χ2v) is 6.15. The summed E-state index contributed by atoms with van der Waals surface area (Å²) in [5.41, 5.74) is 1.30. The van der Waals surface area contributed by atoms with Crippen LogP contribution < -0.4 is 15.5 Å². The van der Waals surface area contributed by atoms with Gasteiger partial charge in [0.1, 0.15) is 5.82 Å². The molecule has 2 heterocycles. The van der Waals surface area contributed by atoms with E-state index < -0.39 is 0 Å². The molecule has 0 radical (unpaired) electrons. The summed E-state index contributed by atoms with van der Waals surface area (Å²) >= 11 is 0. The van der Waals surface area contributed by atoms with Crippen molar-refractivity contribution in [3.8, 4) is 0 Å². The molecule has 0 bridgehead atoms. The predicted octanol–water partition coefficient (Wildman–Crippen LogP) is 2.48. The topological polar surface area (TPSA) is 40.2 Å². The van der Waals surface area contributed by atoms with Crippen molar-refractivity contribution in [1.29, 1.82) is 0 Å². The monoisotopic (exact) mass is 274 g/mol. The van der Waals surface area contributed by atoms with Gasteiger partial charge in [-0.1, -0.05) is 12.8 Å². The summed E-state index contributed by atoms with van der Waals surface area (Å²) in [4.78, 5) is 6.91. The number of nitrogens with zero attached hydrogens (tertiary/aromatic N) is 2. The number of hydrogen-bond acceptors (Lipinski definition) is 4. The van der Waals surface area contributed by atoms with Gasteiger partial charge in [0.15, 0.2) is 0 Å². The van der Waals surface area contributed by atoms with Gasteiger partial charge in [0.2, 0.25) is 0 Å². The Labute approximate surface area is 122 Å². The van der Waals surface area contributed by atoms with Crippen molar-refractivity contribution in [3.63, 3.8) is 0 Å². The average molecular weight is 274 g/mol. The van der Waals surface area contributed by atoms with E-state index in [1.54, 1.807) is 0 Å². The molecule has 1 aromatic rings. The molecular formula is C16H26N4. The molecule has 4 nitrogen and oxygen atoms in total. The van der Waals surface area contributed by atoms with Crippen LogP contribution in [0.3, 0.4) is 0 Å². The van der Waals surface area contributed by atoms with Crippen molar-refractivity contribution in [3.05, 3.63) is 18.3 Å². The summed E-state index contributed by atoms with van der Waals surface area (Å²) in [6.07, 6.45) is 8.71. The fraction of sp³-hybridized carbons (Fsp3) is 0.688. The first-order valence-corrected chi connectivity index (χ1v) is 7.97. The summed E-state index contributed by atoms with van der Waals surface area (Å²) in [7, 11) is 2.05. The second kappa shape index (κ2) is 6.44. The Bertz CT molecular complexity index is 428. The van der Waals surface area contributed by atoms with Gasteiger partial charge in [0.05, 0.1) is 0 Å². The second-order valence-electron chi connectivity index (χ2n) is 6.15. The number of aromatic nitrogens is 1. The molecule has 3 rings (SSSR count). The molecule has 1 atom stereocenters. The molecule has 1 aliphatic carbocycles. The predicted molar refractivity (Wildman–Crippen MR) is 84.4 cm³/mol. The summed E-state index contributed by atoms with van der Waals surface area (Å²) in [5, 5.41) is 6.89. The normalized spacial score (nSPS) is 23.4. The smallest absolute Gasteiger partial charge is 0.127 e. The van der Waals surface area contributed by atoms with Gasteiger partial charge in [-0.25, -0.2) is 4.98 Å². The molecule has 0 unspecified atom stereocenters. The molecule has 1 aliphatic heterocycles. The average Bonchev–Trinajstić information content (AvgIpc) is 3.16. The van der Waals surface area contributed by atoms with Crippen LogP contribution in [-0.4, -0.2) is 37.7 Å². The van der Waals surface area contributed by atoms with Gasteiger partial charge in [0, 0.05) is 43.6 Å². The number of likely N-dealkylation sites (N-methyl/N-ethyl adjacent to an activating group) is 1. The van der Waals surface area contributed by atoms with E-state index in [9.17, 15) is 0 Å². The lowest BCUT2D eigenvalue weighted by Crippen LogP contribution is -2.29. The lowest BCUT2D eigenvalue weighted by molar-refractivity contribution is 0.579. The fourth-order valence-corrected chi connectivity index (χ4v) is 3.41. The van der Waals surface area contributed by atoms with E-state index in [0.717, 1.165) is 31.4 Å². The van der Waals surface area contributed by atoms with Gasteiger partial charge in [-0.05, 0) is 38.3 Å². The molecule has 0 spiro atoms. The van der Waals surface area contributed by atoms with Crippen LogP contribution in [-0.2, 0) is 0 Å². The zero-order valence-electron chi connectivity index (χ0n) is 12.4. The first kappa shape index (κ1) is 13.7. The third kappa shape index (κ3) is 3.23. The Morgan fingerprint density at radius 2 is 2.15 bits per heavy atom. The number of pyridine rings is 1. The van der Waals surface area contributed by atoms with Crippen molar-refractivity contribution in [2.24, 2.45) is 5.92 Å². The van der Waals surface area contributed by atoms with Crippen LogP contribution in [0.4, 0.5) is 11.5 Å². The minimum Gasteiger partial charge on any atom is -0.370 e. The van der Waals surface area contributed by atoms with E-state index >= 15 is 0 Å². The largest absolute Gasteiger partial charge is 0.370 e. The Morgan fingerprint density at radius 3 is 2.90 bits per heavy atom. The van der Waals surface area contributed by atoms with E-state index in [-0.39, 0.29) is 0 Å². The van der Waals surface area contributed by atoms with Gasteiger partial charge in [-0.15, -0.1) is 0 Å². The van der Waals surface area contributed by atoms with Gasteiger partial charge < -0.3 is 15.5 Å². The molecule has 2 N–H and O–H groups in total. The fourth-order valence-electron chi connectivity index (χ4n) is 3.41. The third-order valence-corrected chi connectivity index (χ3v) is 4.75. The van der Waals surface area contributed by atoms with E-state index in [4.69, 9.17) is 0 Å². The number of hydrogen-bond donors (Lipinski definition) is 2. The summed E-state index contributed by atoms with van der Waals surface area (Å²) in [6, 6.07) is 4.95. The first-order valence-electron chi connectivity index (χ1n) is 7.97. The maximum Gasteiger partial charge on any atom is 0.127 e. The van der Waals surface area contributed by atoms with Crippen molar-refractivity contribution < 1.29 is 0 Å². The van der Waals surface area contributed by atoms with E-state index in [0.29, 0.717) is 6.04 Å². The molecule has 0 aromatic carbocycles. The van der Waals surface area contributed by atoms with Crippen molar-refractivity contribution in [2.45, 2.75) is 38.1 Å². The molecule has 1 saturated heterocycles. The molecule has 4 heteroatoms. The highest BCUT2D eigenvalue weighted by atomic mass is 15.2. The van der Waals surface area contributed by atoms with Crippen LogP contribution >= 0.6 is 0 Å². The van der Waals surface area contributed by atoms with E-state index in [1.807, 2.05) is 6.20 Å². The highest BCUT2D eigenvalue weighted by molar-refractivity contribution is 5.54. The van der Waals surface area contributed by atoms with E-state index in [2.05, 4.69) is 39.7 Å². The van der Waals surface area contributed by atoms with Crippen LogP contribution in [0.5, 0.6) is 0 Å². The van der Waals surface area contributed by atoms with Crippen LogP contribution in [0.15, 0.2) is 18.3 Å². The Morgan fingerprint density at radius 1 is 1.30 bits per heavy atom. The van der Waals surface area contributed by atoms with Crippen LogP contribution in [0.25, 0.3) is 0 Å². The Hall–Kier alpha value is -1.29. The van der Waals surface area contributed by atoms with Crippen LogP contribution in [0.1, 0.15) is 32.1 Å². The van der Waals surface area contributed by atoms with Crippen LogP contribution in [0.2, 0.25) is 0 Å². The Kier molecular flexibility index (Phi) is 4.41. The SMILES string of the molecule is CN[C@@H]1CCN(c2ccnc(NCC3CCCC3)c2)C1. The van der Waals surface area contributed by atoms with E-state index in [1.165, 1.54) is 37.8 Å². The zero-order valence-corrected chi connectivity index (χ0v) is 12.4. The lowest BCUT2D eigenvalue weighted by Gasteiger charge is -2.19. The van der Waals surface area contributed by atoms with Crippen molar-refractivity contribution in [1.82, 2.24) is 10.3 Å². The first-order chi connectivity index (χ1) is 9.85. The van der Waals surface area contributed by atoms with Gasteiger partial charge in [-0.2, -0.15) is 0 Å². The maximum absolute atomic E-state index is 4.46. The molecule has 2 fully saturated rings. The summed E-state index contributed by atoms with van der Waals surface area (Å²) < 4.78 is 0. The number of nitrogens with one attached hydrogen (secondary N) is 2. The van der Waals surface area contributed by atoms with Gasteiger partial charge >= 0.3 is 0 Å². The number of rotatable bonds is 5. The van der Waals surface area contributed by atoms with Gasteiger partial charge in [0.25, 0.3) is 0 Å². The molecule has 1 aromatic heterocycles. The highest BCUT2D eigenvalue weighted by Gasteiger charge is 2.21.